The molecule has 0 aromatic heterocycles. The molecule has 1 aliphatic heterocycles. The van der Waals surface area contributed by atoms with E-state index in [1.54, 1.807) is 0 Å². The van der Waals surface area contributed by atoms with Gasteiger partial charge < -0.3 is 10.6 Å². The van der Waals surface area contributed by atoms with Gasteiger partial charge in [-0.3, -0.25) is 9.69 Å². The van der Waals surface area contributed by atoms with Crippen molar-refractivity contribution in [2.45, 2.75) is 6.92 Å². The summed E-state index contributed by atoms with van der Waals surface area (Å²) in [7, 11) is 0. The lowest BCUT2D eigenvalue weighted by atomic mass is 10.1. The summed E-state index contributed by atoms with van der Waals surface area (Å²) in [6.07, 6.45) is 0. The minimum Gasteiger partial charge on any atom is -0.369 e. The molecule has 1 aromatic rings. The minimum atomic E-state index is -0.272. The van der Waals surface area contributed by atoms with Crippen molar-refractivity contribution in [3.8, 4) is 0 Å². The fraction of sp³-hybridized carbons (Fsp3) is 0.429. The van der Waals surface area contributed by atoms with Gasteiger partial charge in [-0.15, -0.1) is 0 Å². The van der Waals surface area contributed by atoms with Gasteiger partial charge in [0.2, 0.25) is 5.91 Å². The smallest absolute Gasteiger partial charge is 0.231 e. The SMILES string of the molecule is [C-]#[N+]c1ccc(N2CCN(CC(N)=O)CC2)c(C)c1. The van der Waals surface area contributed by atoms with Crippen LogP contribution >= 0.6 is 0 Å². The number of carbonyl (C=O) groups is 1. The van der Waals surface area contributed by atoms with E-state index in [-0.39, 0.29) is 5.91 Å². The van der Waals surface area contributed by atoms with Crippen molar-refractivity contribution in [1.82, 2.24) is 4.90 Å². The molecule has 0 spiro atoms. The number of aryl methyl sites for hydroxylation is 1. The largest absolute Gasteiger partial charge is 0.369 e. The average molecular weight is 258 g/mol. The summed E-state index contributed by atoms with van der Waals surface area (Å²) in [4.78, 5) is 18.7. The van der Waals surface area contributed by atoms with E-state index in [1.807, 2.05) is 25.1 Å². The highest BCUT2D eigenvalue weighted by molar-refractivity contribution is 5.76. The summed E-state index contributed by atoms with van der Waals surface area (Å²) in [6.45, 7) is 12.8. The van der Waals surface area contributed by atoms with Crippen molar-refractivity contribution >= 4 is 17.3 Å². The number of primary amides is 1. The maximum Gasteiger partial charge on any atom is 0.231 e. The molecule has 5 nitrogen and oxygen atoms in total. The van der Waals surface area contributed by atoms with Gasteiger partial charge in [-0.1, -0.05) is 12.1 Å². The van der Waals surface area contributed by atoms with Crippen molar-refractivity contribution in [1.29, 1.82) is 0 Å². The van der Waals surface area contributed by atoms with E-state index in [4.69, 9.17) is 12.3 Å². The minimum absolute atomic E-state index is 0.272. The first kappa shape index (κ1) is 13.4. The average Bonchev–Trinajstić information content (AvgIpc) is 2.39. The number of hydrogen-bond donors (Lipinski definition) is 1. The molecule has 1 saturated heterocycles. The summed E-state index contributed by atoms with van der Waals surface area (Å²) >= 11 is 0. The van der Waals surface area contributed by atoms with Crippen molar-refractivity contribution in [2.24, 2.45) is 5.73 Å². The molecule has 0 saturated carbocycles. The van der Waals surface area contributed by atoms with E-state index >= 15 is 0 Å². The number of hydrogen-bond acceptors (Lipinski definition) is 3. The highest BCUT2D eigenvalue weighted by Gasteiger charge is 2.19. The maximum atomic E-state index is 10.9. The zero-order valence-corrected chi connectivity index (χ0v) is 11.1. The summed E-state index contributed by atoms with van der Waals surface area (Å²) in [5.74, 6) is -0.272. The Kier molecular flexibility index (Phi) is 4.03. The molecule has 0 radical (unpaired) electrons. The van der Waals surface area contributed by atoms with Gasteiger partial charge in [0, 0.05) is 31.9 Å². The molecular formula is C14H18N4O. The third kappa shape index (κ3) is 3.24. The van der Waals surface area contributed by atoms with Crippen LogP contribution in [0.4, 0.5) is 11.4 Å². The summed E-state index contributed by atoms with van der Waals surface area (Å²) in [5.41, 5.74) is 8.17. The first-order valence-electron chi connectivity index (χ1n) is 6.34. The predicted molar refractivity (Wildman–Crippen MR) is 75.3 cm³/mol. The van der Waals surface area contributed by atoms with Crippen molar-refractivity contribution in [2.75, 3.05) is 37.6 Å². The highest BCUT2D eigenvalue weighted by Crippen LogP contribution is 2.25. The lowest BCUT2D eigenvalue weighted by molar-refractivity contribution is -0.119. The van der Waals surface area contributed by atoms with Crippen LogP contribution in [0.15, 0.2) is 18.2 Å². The first-order chi connectivity index (χ1) is 9.10. The van der Waals surface area contributed by atoms with Crippen LogP contribution in [0.2, 0.25) is 0 Å². The topological polar surface area (TPSA) is 53.9 Å². The molecule has 0 atom stereocenters. The normalized spacial score (nSPS) is 16.1. The summed E-state index contributed by atoms with van der Waals surface area (Å²) < 4.78 is 0. The van der Waals surface area contributed by atoms with Crippen molar-refractivity contribution in [3.05, 3.63) is 35.2 Å². The number of carbonyl (C=O) groups excluding carboxylic acids is 1. The van der Waals surface area contributed by atoms with Crippen LogP contribution in [-0.2, 0) is 4.79 Å². The third-order valence-electron chi connectivity index (χ3n) is 3.40. The van der Waals surface area contributed by atoms with E-state index < -0.39 is 0 Å². The molecule has 2 N–H and O–H groups in total. The van der Waals surface area contributed by atoms with E-state index in [2.05, 4.69) is 14.6 Å². The fourth-order valence-electron chi connectivity index (χ4n) is 2.43. The zero-order chi connectivity index (χ0) is 13.8. The second kappa shape index (κ2) is 5.72. The second-order valence-electron chi connectivity index (χ2n) is 4.81. The van der Waals surface area contributed by atoms with Gasteiger partial charge in [0.1, 0.15) is 0 Å². The van der Waals surface area contributed by atoms with Crippen LogP contribution in [0, 0.1) is 13.5 Å². The third-order valence-corrected chi connectivity index (χ3v) is 3.40. The Labute approximate surface area is 113 Å². The maximum absolute atomic E-state index is 10.9. The summed E-state index contributed by atoms with van der Waals surface area (Å²) in [5, 5.41) is 0. The lowest BCUT2D eigenvalue weighted by Gasteiger charge is -2.36. The van der Waals surface area contributed by atoms with Crippen LogP contribution in [0.25, 0.3) is 4.85 Å². The molecule has 100 valence electrons. The van der Waals surface area contributed by atoms with E-state index in [0.29, 0.717) is 12.2 Å². The van der Waals surface area contributed by atoms with Crippen LogP contribution in [0.3, 0.4) is 0 Å². The molecule has 0 unspecified atom stereocenters. The predicted octanol–water partition coefficient (Wildman–Crippen LogP) is 1.15. The lowest BCUT2D eigenvalue weighted by Crippen LogP contribution is -2.49. The Morgan fingerprint density at radius 2 is 2.05 bits per heavy atom. The molecule has 19 heavy (non-hydrogen) atoms. The van der Waals surface area contributed by atoms with Gasteiger partial charge >= 0.3 is 0 Å². The molecule has 0 bridgehead atoms. The van der Waals surface area contributed by atoms with Crippen LogP contribution < -0.4 is 10.6 Å². The van der Waals surface area contributed by atoms with E-state index in [9.17, 15) is 4.79 Å². The Bertz CT molecular complexity index is 513. The molecule has 1 amide bonds. The molecule has 1 fully saturated rings. The molecule has 1 aromatic carbocycles. The van der Waals surface area contributed by atoms with Gasteiger partial charge in [0.25, 0.3) is 0 Å². The number of rotatable bonds is 3. The van der Waals surface area contributed by atoms with E-state index in [1.165, 1.54) is 5.69 Å². The molecule has 1 heterocycles. The van der Waals surface area contributed by atoms with Gasteiger partial charge in [0.05, 0.1) is 13.1 Å². The fourth-order valence-corrected chi connectivity index (χ4v) is 2.43. The Morgan fingerprint density at radius 1 is 1.37 bits per heavy atom. The number of benzene rings is 1. The Morgan fingerprint density at radius 3 is 2.58 bits per heavy atom. The van der Waals surface area contributed by atoms with Crippen molar-refractivity contribution in [3.63, 3.8) is 0 Å². The monoisotopic (exact) mass is 258 g/mol. The molecule has 0 aliphatic carbocycles. The number of nitrogens with two attached hydrogens (primary N) is 1. The molecule has 1 aliphatic rings. The molecule has 2 rings (SSSR count). The number of anilines is 1. The van der Waals surface area contributed by atoms with Crippen molar-refractivity contribution < 1.29 is 4.79 Å². The van der Waals surface area contributed by atoms with Crippen LogP contribution in [-0.4, -0.2) is 43.5 Å². The Hall–Kier alpha value is -2.06. The van der Waals surface area contributed by atoms with E-state index in [0.717, 1.165) is 31.7 Å². The number of nitrogens with zero attached hydrogens (tertiary/aromatic N) is 3. The van der Waals surface area contributed by atoms with Gasteiger partial charge in [-0.25, -0.2) is 4.85 Å². The summed E-state index contributed by atoms with van der Waals surface area (Å²) in [6, 6.07) is 5.77. The van der Waals surface area contributed by atoms with Crippen LogP contribution in [0.1, 0.15) is 5.56 Å². The van der Waals surface area contributed by atoms with Crippen LogP contribution in [0.5, 0.6) is 0 Å². The standard InChI is InChI=1S/C14H18N4O/c1-11-9-12(16-2)3-4-13(11)18-7-5-17(6-8-18)10-14(15)19/h3-4,9H,5-8,10H2,1H3,(H2,15,19). The highest BCUT2D eigenvalue weighted by atomic mass is 16.1. The molecular weight excluding hydrogens is 240 g/mol. The molecule has 5 heteroatoms. The zero-order valence-electron chi connectivity index (χ0n) is 11.1. The van der Waals surface area contributed by atoms with Gasteiger partial charge in [-0.05, 0) is 18.6 Å². The quantitative estimate of drug-likeness (QED) is 0.828. The Balaban J connectivity index is 2.02. The van der Waals surface area contributed by atoms with Gasteiger partial charge in [-0.2, -0.15) is 0 Å². The second-order valence-corrected chi connectivity index (χ2v) is 4.81. The first-order valence-corrected chi connectivity index (χ1v) is 6.34. The number of piperazine rings is 1. The number of amides is 1. The van der Waals surface area contributed by atoms with Gasteiger partial charge in [0.15, 0.2) is 5.69 Å².